The number of carbonyl (C=O) groups is 3. The maximum atomic E-state index is 13.6. The smallest absolute Gasteiger partial charge is 0.405 e. The van der Waals surface area contributed by atoms with E-state index in [1.807, 2.05) is 6.07 Å². The number of pyridine rings is 2. The molecule has 1 aliphatic heterocycles. The molecule has 0 radical (unpaired) electrons. The van der Waals surface area contributed by atoms with Crippen LogP contribution >= 0.6 is 0 Å². The van der Waals surface area contributed by atoms with Gasteiger partial charge in [-0.05, 0) is 34.8 Å². The van der Waals surface area contributed by atoms with Gasteiger partial charge in [0, 0.05) is 36.1 Å². The van der Waals surface area contributed by atoms with Crippen LogP contribution in [0.4, 0.5) is 4.79 Å². The molecule has 0 aromatic carbocycles. The monoisotopic (exact) mass is 478 g/mol. The van der Waals surface area contributed by atoms with Crippen LogP contribution in [-0.2, 0) is 9.59 Å². The Morgan fingerprint density at radius 2 is 1.97 bits per heavy atom. The minimum atomic E-state index is -1.30. The highest BCUT2D eigenvalue weighted by atomic mass is 16.4. The van der Waals surface area contributed by atoms with Crippen molar-refractivity contribution in [1.82, 2.24) is 25.5 Å². The van der Waals surface area contributed by atoms with Crippen LogP contribution < -0.4 is 10.6 Å². The summed E-state index contributed by atoms with van der Waals surface area (Å²) in [7, 11) is 0. The first-order valence-electron chi connectivity index (χ1n) is 11.6. The predicted octanol–water partition coefficient (Wildman–Crippen LogP) is 2.48. The average Bonchev–Trinajstić information content (AvgIpc) is 3.12. The summed E-state index contributed by atoms with van der Waals surface area (Å²) in [5.74, 6) is -0.849. The first-order chi connectivity index (χ1) is 16.4. The minimum absolute atomic E-state index is 0.0833. The third kappa shape index (κ3) is 4.27. The molecule has 2 aromatic heterocycles. The fraction of sp³-hybridized carbons (Fsp3) is 0.520. The van der Waals surface area contributed by atoms with Crippen molar-refractivity contribution < 1.29 is 19.5 Å². The van der Waals surface area contributed by atoms with Gasteiger partial charge in [0.2, 0.25) is 11.8 Å². The minimum Gasteiger partial charge on any atom is -0.465 e. The lowest BCUT2D eigenvalue weighted by Crippen LogP contribution is -2.59. The normalized spacial score (nSPS) is 24.1. The molecule has 0 bridgehead atoms. The summed E-state index contributed by atoms with van der Waals surface area (Å²) in [6.45, 7) is 9.79. The molecule has 10 heteroatoms. The second kappa shape index (κ2) is 8.48. The van der Waals surface area contributed by atoms with Crippen molar-refractivity contribution in [1.29, 1.82) is 5.26 Å². The molecular weight excluding hydrogens is 448 g/mol. The van der Waals surface area contributed by atoms with E-state index in [4.69, 9.17) is 0 Å². The Morgan fingerprint density at radius 3 is 2.60 bits per heavy atom. The Morgan fingerprint density at radius 1 is 1.26 bits per heavy atom. The van der Waals surface area contributed by atoms with Crippen LogP contribution in [0.1, 0.15) is 46.2 Å². The summed E-state index contributed by atoms with van der Waals surface area (Å²) in [4.78, 5) is 48.6. The van der Waals surface area contributed by atoms with Gasteiger partial charge >= 0.3 is 6.09 Å². The van der Waals surface area contributed by atoms with E-state index in [1.165, 1.54) is 11.1 Å². The Hall–Kier alpha value is -3.74. The van der Waals surface area contributed by atoms with Crippen molar-refractivity contribution in [3.05, 3.63) is 36.3 Å². The maximum Gasteiger partial charge on any atom is 0.405 e. The zero-order chi connectivity index (χ0) is 25.7. The summed E-state index contributed by atoms with van der Waals surface area (Å²) in [6, 6.07) is 2.87. The molecule has 35 heavy (non-hydrogen) atoms. The van der Waals surface area contributed by atoms with Gasteiger partial charge in [-0.25, -0.2) is 4.79 Å². The SMILES string of the molecule is CC(C)(C)C(NC(=O)O)C(=O)N1C[C@H]2[C@@H]([C@H]1C(=O)NC(C#N)c1cncc3cccnc13)C2(C)C. The fourth-order valence-electron chi connectivity index (χ4n) is 5.39. The number of nitrogens with zero attached hydrogens (tertiary/aromatic N) is 4. The molecule has 1 saturated carbocycles. The van der Waals surface area contributed by atoms with E-state index in [-0.39, 0.29) is 17.3 Å². The highest BCUT2D eigenvalue weighted by Gasteiger charge is 2.69. The van der Waals surface area contributed by atoms with Crippen LogP contribution in [0.3, 0.4) is 0 Å². The van der Waals surface area contributed by atoms with Gasteiger partial charge < -0.3 is 20.6 Å². The topological polar surface area (TPSA) is 148 Å². The molecule has 184 valence electrons. The summed E-state index contributed by atoms with van der Waals surface area (Å²) in [5.41, 5.74) is 0.202. The Kier molecular flexibility index (Phi) is 5.91. The Labute approximate surface area is 203 Å². The number of nitrogens with one attached hydrogen (secondary N) is 2. The number of aromatic nitrogens is 2. The number of fused-ring (bicyclic) bond motifs is 2. The van der Waals surface area contributed by atoms with Crippen LogP contribution in [0.5, 0.6) is 0 Å². The lowest BCUT2D eigenvalue weighted by Gasteiger charge is -2.37. The number of hydrogen-bond donors (Lipinski definition) is 3. The van der Waals surface area contributed by atoms with Crippen molar-refractivity contribution in [2.45, 2.75) is 52.7 Å². The lowest BCUT2D eigenvalue weighted by atomic mass is 9.85. The molecule has 2 unspecified atom stereocenters. The second-order valence-corrected chi connectivity index (χ2v) is 11.0. The molecule has 10 nitrogen and oxygen atoms in total. The Bertz CT molecular complexity index is 1230. The predicted molar refractivity (Wildman–Crippen MR) is 127 cm³/mol. The van der Waals surface area contributed by atoms with Crippen LogP contribution in [0.2, 0.25) is 0 Å². The molecule has 3 N–H and O–H groups in total. The van der Waals surface area contributed by atoms with Gasteiger partial charge in [0.1, 0.15) is 18.1 Å². The van der Waals surface area contributed by atoms with E-state index in [0.717, 1.165) is 5.39 Å². The van der Waals surface area contributed by atoms with Crippen molar-refractivity contribution in [3.63, 3.8) is 0 Å². The summed E-state index contributed by atoms with van der Waals surface area (Å²) in [6.07, 6.45) is 3.46. The van der Waals surface area contributed by atoms with Gasteiger partial charge in [-0.2, -0.15) is 5.26 Å². The van der Waals surface area contributed by atoms with Crippen LogP contribution in [-0.4, -0.2) is 56.5 Å². The number of piperidine rings is 1. The zero-order valence-corrected chi connectivity index (χ0v) is 20.4. The molecule has 2 aromatic rings. The first kappa shape index (κ1) is 24.4. The number of likely N-dealkylation sites (tertiary alicyclic amines) is 1. The molecule has 2 fully saturated rings. The largest absolute Gasteiger partial charge is 0.465 e. The molecule has 2 aliphatic rings. The van der Waals surface area contributed by atoms with Gasteiger partial charge in [0.15, 0.2) is 0 Å². The summed E-state index contributed by atoms with van der Waals surface area (Å²) >= 11 is 0. The van der Waals surface area contributed by atoms with Gasteiger partial charge in [0.05, 0.1) is 11.6 Å². The number of rotatable bonds is 5. The van der Waals surface area contributed by atoms with Crippen molar-refractivity contribution >= 4 is 28.8 Å². The van der Waals surface area contributed by atoms with Crippen LogP contribution in [0, 0.1) is 34.0 Å². The fourth-order valence-corrected chi connectivity index (χ4v) is 5.39. The van der Waals surface area contributed by atoms with Gasteiger partial charge in [-0.15, -0.1) is 0 Å². The number of hydrogen-bond acceptors (Lipinski definition) is 6. The van der Waals surface area contributed by atoms with E-state index in [2.05, 4.69) is 40.5 Å². The number of carbonyl (C=O) groups excluding carboxylic acids is 2. The first-order valence-corrected chi connectivity index (χ1v) is 11.6. The standard InChI is InChI=1S/C25H30N6O4/c1-24(2,3)20(30-23(34)35)22(33)31-12-15-17(25(15,4)5)19(31)21(32)29-16(9-26)14-11-27-10-13-7-6-8-28-18(13)14/h6-8,10-11,15-17,19-20,30H,12H2,1-5H3,(H,29,32)(H,34,35)/t15-,16?,17-,19-,20?/m0/s1. The molecule has 1 aliphatic carbocycles. The van der Waals surface area contributed by atoms with Crippen molar-refractivity contribution in [3.8, 4) is 6.07 Å². The summed E-state index contributed by atoms with van der Waals surface area (Å²) in [5, 5.41) is 25.1. The lowest BCUT2D eigenvalue weighted by molar-refractivity contribution is -0.144. The third-order valence-corrected chi connectivity index (χ3v) is 7.41. The molecule has 3 heterocycles. The van der Waals surface area contributed by atoms with Crippen LogP contribution in [0.15, 0.2) is 30.7 Å². The van der Waals surface area contributed by atoms with Crippen molar-refractivity contribution in [2.24, 2.45) is 22.7 Å². The maximum absolute atomic E-state index is 13.6. The van der Waals surface area contributed by atoms with E-state index < -0.39 is 41.4 Å². The van der Waals surface area contributed by atoms with Gasteiger partial charge in [-0.1, -0.05) is 34.6 Å². The van der Waals surface area contributed by atoms with E-state index in [9.17, 15) is 24.8 Å². The van der Waals surface area contributed by atoms with E-state index in [0.29, 0.717) is 17.6 Å². The second-order valence-electron chi connectivity index (χ2n) is 11.0. The molecule has 0 spiro atoms. The van der Waals surface area contributed by atoms with Gasteiger partial charge in [-0.3, -0.25) is 19.6 Å². The average molecular weight is 479 g/mol. The quantitative estimate of drug-likeness (QED) is 0.598. The number of amides is 3. The van der Waals surface area contributed by atoms with E-state index >= 15 is 0 Å². The van der Waals surface area contributed by atoms with Crippen molar-refractivity contribution in [2.75, 3.05) is 6.54 Å². The molecule has 4 rings (SSSR count). The molecule has 3 amide bonds. The molecular formula is C25H30N6O4. The Balaban J connectivity index is 1.63. The number of carboxylic acid groups (broad SMARTS) is 1. The highest BCUT2D eigenvalue weighted by molar-refractivity contribution is 5.94. The van der Waals surface area contributed by atoms with Gasteiger partial charge in [0.25, 0.3) is 0 Å². The highest BCUT2D eigenvalue weighted by Crippen LogP contribution is 2.65. The molecule has 5 atom stereocenters. The molecule has 1 saturated heterocycles. The van der Waals surface area contributed by atoms with E-state index in [1.54, 1.807) is 39.2 Å². The third-order valence-electron chi connectivity index (χ3n) is 7.41. The number of nitriles is 1. The zero-order valence-electron chi connectivity index (χ0n) is 20.4. The van der Waals surface area contributed by atoms with Crippen LogP contribution in [0.25, 0.3) is 10.9 Å². The summed E-state index contributed by atoms with van der Waals surface area (Å²) < 4.78 is 0.